The van der Waals surface area contributed by atoms with Crippen molar-refractivity contribution in [2.75, 3.05) is 13.2 Å². The second-order valence-electron chi connectivity index (χ2n) is 6.98. The van der Waals surface area contributed by atoms with Crippen LogP contribution < -0.4 is 10.1 Å². The number of halogens is 3. The molecule has 1 saturated heterocycles. The van der Waals surface area contributed by atoms with Gasteiger partial charge in [-0.1, -0.05) is 23.2 Å². The molecule has 7 nitrogen and oxygen atoms in total. The van der Waals surface area contributed by atoms with Crippen LogP contribution in [0, 0.1) is 5.82 Å². The molecule has 1 N–H and O–H groups in total. The van der Waals surface area contributed by atoms with Crippen LogP contribution in [0.15, 0.2) is 46.9 Å². The lowest BCUT2D eigenvalue weighted by molar-refractivity contribution is -0.125. The molecule has 0 saturated carbocycles. The van der Waals surface area contributed by atoms with Gasteiger partial charge in [-0.2, -0.15) is 0 Å². The smallest absolute Gasteiger partial charge is 0.258 e. The first kappa shape index (κ1) is 21.5. The SMILES string of the molecule is O=C(COc1ccc(Cl)c(F)c1)N[C@H]1CC[C@H](c2nnc(-c3ccc(Cl)cc3)o2)OC1. The van der Waals surface area contributed by atoms with E-state index < -0.39 is 5.82 Å². The zero-order chi connectivity index (χ0) is 21.8. The average molecular weight is 466 g/mol. The molecule has 2 atom stereocenters. The molecule has 1 aliphatic heterocycles. The van der Waals surface area contributed by atoms with Crippen LogP contribution >= 0.6 is 23.2 Å². The Kier molecular flexibility index (Phi) is 6.70. The fourth-order valence-electron chi connectivity index (χ4n) is 3.12. The van der Waals surface area contributed by atoms with Crippen molar-refractivity contribution in [2.45, 2.75) is 25.0 Å². The standard InChI is InChI=1S/C21H18Cl2FN3O4/c22-13-3-1-12(2-4-13)20-26-27-21(31-20)18-8-5-14(10-30-18)25-19(28)11-29-15-6-7-16(23)17(24)9-15/h1-4,6-7,9,14,18H,5,8,10-11H2,(H,25,28)/t14-,18+/m0/s1. The van der Waals surface area contributed by atoms with Gasteiger partial charge in [0.05, 0.1) is 17.7 Å². The summed E-state index contributed by atoms with van der Waals surface area (Å²) in [5.41, 5.74) is 0.768. The number of nitrogens with one attached hydrogen (secondary N) is 1. The van der Waals surface area contributed by atoms with Gasteiger partial charge >= 0.3 is 0 Å². The van der Waals surface area contributed by atoms with Crippen molar-refractivity contribution in [1.82, 2.24) is 15.5 Å². The highest BCUT2D eigenvalue weighted by atomic mass is 35.5. The first-order valence-corrected chi connectivity index (χ1v) is 10.3. The highest BCUT2D eigenvalue weighted by Gasteiger charge is 2.28. The summed E-state index contributed by atoms with van der Waals surface area (Å²) in [6, 6.07) is 10.9. The van der Waals surface area contributed by atoms with Crippen LogP contribution in [-0.4, -0.2) is 35.4 Å². The number of hydrogen-bond donors (Lipinski definition) is 1. The maximum Gasteiger partial charge on any atom is 0.258 e. The Morgan fingerprint density at radius 2 is 1.97 bits per heavy atom. The molecule has 0 unspecified atom stereocenters. The summed E-state index contributed by atoms with van der Waals surface area (Å²) < 4.78 is 30.2. The summed E-state index contributed by atoms with van der Waals surface area (Å²) in [5, 5.41) is 11.6. The number of nitrogens with zero attached hydrogens (tertiary/aromatic N) is 2. The maximum atomic E-state index is 13.4. The summed E-state index contributed by atoms with van der Waals surface area (Å²) in [4.78, 5) is 12.1. The lowest BCUT2D eigenvalue weighted by Gasteiger charge is -2.27. The Morgan fingerprint density at radius 1 is 1.16 bits per heavy atom. The summed E-state index contributed by atoms with van der Waals surface area (Å²) in [6.07, 6.45) is 0.941. The van der Waals surface area contributed by atoms with Crippen molar-refractivity contribution < 1.29 is 23.1 Å². The van der Waals surface area contributed by atoms with E-state index in [1.54, 1.807) is 24.3 Å². The summed E-state index contributed by atoms with van der Waals surface area (Å²) >= 11 is 11.5. The van der Waals surface area contributed by atoms with E-state index in [9.17, 15) is 9.18 Å². The Balaban J connectivity index is 1.24. The molecule has 1 aromatic heterocycles. The predicted octanol–water partition coefficient (Wildman–Crippen LogP) is 4.60. The third kappa shape index (κ3) is 5.52. The van der Waals surface area contributed by atoms with Gasteiger partial charge in [0.15, 0.2) is 6.61 Å². The summed E-state index contributed by atoms with van der Waals surface area (Å²) in [5.74, 6) is 0.0750. The molecule has 0 aliphatic carbocycles. The number of aromatic nitrogens is 2. The number of carbonyl (C=O) groups excluding carboxylic acids is 1. The van der Waals surface area contributed by atoms with Crippen molar-refractivity contribution in [2.24, 2.45) is 0 Å². The molecule has 31 heavy (non-hydrogen) atoms. The molecule has 2 aromatic carbocycles. The first-order chi connectivity index (χ1) is 15.0. The van der Waals surface area contributed by atoms with E-state index in [1.165, 1.54) is 12.1 Å². The van der Waals surface area contributed by atoms with Crippen LogP contribution in [0.1, 0.15) is 24.8 Å². The molecule has 0 spiro atoms. The van der Waals surface area contributed by atoms with E-state index in [-0.39, 0.29) is 35.4 Å². The predicted molar refractivity (Wildman–Crippen MR) is 112 cm³/mol. The van der Waals surface area contributed by atoms with Crippen molar-refractivity contribution in [3.63, 3.8) is 0 Å². The quantitative estimate of drug-likeness (QED) is 0.572. The molecule has 2 heterocycles. The highest BCUT2D eigenvalue weighted by molar-refractivity contribution is 6.31. The van der Waals surface area contributed by atoms with Gasteiger partial charge < -0.3 is 19.2 Å². The Hall–Kier alpha value is -2.68. The monoisotopic (exact) mass is 465 g/mol. The zero-order valence-corrected chi connectivity index (χ0v) is 17.7. The largest absolute Gasteiger partial charge is 0.484 e. The van der Waals surface area contributed by atoms with Gasteiger partial charge in [-0.15, -0.1) is 10.2 Å². The van der Waals surface area contributed by atoms with Crippen molar-refractivity contribution in [1.29, 1.82) is 0 Å². The fraction of sp³-hybridized carbons (Fsp3) is 0.286. The van der Waals surface area contributed by atoms with Crippen LogP contribution in [-0.2, 0) is 9.53 Å². The fourth-order valence-corrected chi connectivity index (χ4v) is 3.36. The minimum absolute atomic E-state index is 0.00718. The molecular weight excluding hydrogens is 448 g/mol. The van der Waals surface area contributed by atoms with Crippen LogP contribution in [0.4, 0.5) is 4.39 Å². The second kappa shape index (κ2) is 9.64. The van der Waals surface area contributed by atoms with Gasteiger partial charge in [-0.25, -0.2) is 4.39 Å². The minimum Gasteiger partial charge on any atom is -0.484 e. The number of benzene rings is 2. The third-order valence-corrected chi connectivity index (χ3v) is 5.27. The third-order valence-electron chi connectivity index (χ3n) is 4.71. The van der Waals surface area contributed by atoms with Gasteiger partial charge in [0.2, 0.25) is 11.8 Å². The number of ether oxygens (including phenoxy) is 2. The van der Waals surface area contributed by atoms with E-state index in [1.807, 2.05) is 0 Å². The average Bonchev–Trinajstić information content (AvgIpc) is 3.26. The molecule has 1 amide bonds. The molecule has 1 fully saturated rings. The summed E-state index contributed by atoms with van der Waals surface area (Å²) in [6.45, 7) is 0.0553. The van der Waals surface area contributed by atoms with E-state index in [0.29, 0.717) is 36.3 Å². The van der Waals surface area contributed by atoms with Gasteiger partial charge in [0, 0.05) is 16.7 Å². The highest BCUT2D eigenvalue weighted by Crippen LogP contribution is 2.29. The van der Waals surface area contributed by atoms with Crippen LogP contribution in [0.5, 0.6) is 5.75 Å². The molecule has 0 bridgehead atoms. The van der Waals surface area contributed by atoms with E-state index in [4.69, 9.17) is 37.1 Å². The Bertz CT molecular complexity index is 1050. The van der Waals surface area contributed by atoms with Crippen LogP contribution in [0.3, 0.4) is 0 Å². The van der Waals surface area contributed by atoms with Gasteiger partial charge in [-0.05, 0) is 49.2 Å². The Labute approximate surface area is 187 Å². The Morgan fingerprint density at radius 3 is 2.68 bits per heavy atom. The lowest BCUT2D eigenvalue weighted by atomic mass is 10.0. The van der Waals surface area contributed by atoms with Crippen LogP contribution in [0.2, 0.25) is 10.0 Å². The first-order valence-electron chi connectivity index (χ1n) is 9.56. The minimum atomic E-state index is -0.605. The normalized spacial score (nSPS) is 18.5. The van der Waals surface area contributed by atoms with Crippen LogP contribution in [0.25, 0.3) is 11.5 Å². The van der Waals surface area contributed by atoms with Crippen molar-refractivity contribution in [3.05, 3.63) is 64.2 Å². The molecule has 3 aromatic rings. The van der Waals surface area contributed by atoms with E-state index in [2.05, 4.69) is 15.5 Å². The molecule has 0 radical (unpaired) electrons. The number of hydrogen-bond acceptors (Lipinski definition) is 6. The zero-order valence-electron chi connectivity index (χ0n) is 16.2. The van der Waals surface area contributed by atoms with Gasteiger partial charge in [0.25, 0.3) is 5.91 Å². The topological polar surface area (TPSA) is 86.5 Å². The number of amides is 1. The van der Waals surface area contributed by atoms with E-state index >= 15 is 0 Å². The molecule has 162 valence electrons. The van der Waals surface area contributed by atoms with Crippen molar-refractivity contribution in [3.8, 4) is 17.2 Å². The summed E-state index contributed by atoms with van der Waals surface area (Å²) in [7, 11) is 0. The molecule has 4 rings (SSSR count). The second-order valence-corrected chi connectivity index (χ2v) is 7.82. The number of rotatable bonds is 6. The lowest BCUT2D eigenvalue weighted by Crippen LogP contribution is -2.43. The van der Waals surface area contributed by atoms with E-state index in [0.717, 1.165) is 11.6 Å². The van der Waals surface area contributed by atoms with Gasteiger partial charge in [-0.3, -0.25) is 4.79 Å². The molecule has 10 heteroatoms. The molecular formula is C21H18Cl2FN3O4. The maximum absolute atomic E-state index is 13.4. The molecule has 1 aliphatic rings. The number of carbonyl (C=O) groups is 1. The van der Waals surface area contributed by atoms with Gasteiger partial charge in [0.1, 0.15) is 17.7 Å². The van der Waals surface area contributed by atoms with Crippen molar-refractivity contribution >= 4 is 29.1 Å².